The molecule has 0 amide bonds. The number of aromatic nitrogens is 3. The molecule has 0 spiro atoms. The smallest absolute Gasteiger partial charge is 0.231 e. The molecule has 124 valence electrons. The van der Waals surface area contributed by atoms with Gasteiger partial charge in [-0.2, -0.15) is 15.0 Å². The van der Waals surface area contributed by atoms with Crippen molar-refractivity contribution in [1.29, 1.82) is 0 Å². The van der Waals surface area contributed by atoms with Gasteiger partial charge >= 0.3 is 0 Å². The molecule has 0 atom stereocenters. The maximum Gasteiger partial charge on any atom is 0.231 e. The molecule has 0 unspecified atom stereocenters. The molecule has 1 aromatic heterocycles. The van der Waals surface area contributed by atoms with Gasteiger partial charge in [0.2, 0.25) is 17.8 Å². The molecule has 8 heteroatoms. The van der Waals surface area contributed by atoms with E-state index in [1.165, 1.54) is 6.07 Å². The number of anilines is 3. The monoisotopic (exact) mass is 318 g/mol. The van der Waals surface area contributed by atoms with Crippen LogP contribution in [0.2, 0.25) is 0 Å². The minimum atomic E-state index is -0.118. The summed E-state index contributed by atoms with van der Waals surface area (Å²) in [4.78, 5) is 16.6. The van der Waals surface area contributed by atoms with E-state index in [2.05, 4.69) is 20.3 Å². The molecule has 8 nitrogen and oxygen atoms in total. The molecule has 0 radical (unpaired) electrons. The number of rotatable bonds is 6. The predicted molar refractivity (Wildman–Crippen MR) is 90.4 cm³/mol. The highest BCUT2D eigenvalue weighted by Gasteiger charge is 2.10. The molecular weight excluding hydrogens is 296 g/mol. The van der Waals surface area contributed by atoms with Crippen LogP contribution in [-0.4, -0.2) is 59.9 Å². The van der Waals surface area contributed by atoms with Gasteiger partial charge in [0.15, 0.2) is 11.5 Å². The maximum absolute atomic E-state index is 9.80. The van der Waals surface area contributed by atoms with E-state index < -0.39 is 0 Å². The Morgan fingerprint density at radius 3 is 2.13 bits per heavy atom. The first-order valence-corrected chi connectivity index (χ1v) is 7.23. The highest BCUT2D eigenvalue weighted by molar-refractivity contribution is 5.46. The van der Waals surface area contributed by atoms with E-state index in [9.17, 15) is 10.2 Å². The second-order valence-corrected chi connectivity index (χ2v) is 5.51. The molecule has 0 bridgehead atoms. The molecule has 0 aliphatic rings. The summed E-state index contributed by atoms with van der Waals surface area (Å²) in [5.74, 6) is 1.38. The molecule has 23 heavy (non-hydrogen) atoms. The Labute approximate surface area is 135 Å². The third kappa shape index (κ3) is 4.12. The number of nitrogens with one attached hydrogen (secondary N) is 1. The van der Waals surface area contributed by atoms with Crippen molar-refractivity contribution in [1.82, 2.24) is 15.0 Å². The number of hydrogen-bond donors (Lipinski definition) is 3. The van der Waals surface area contributed by atoms with Crippen LogP contribution in [0.15, 0.2) is 18.2 Å². The molecule has 1 heterocycles. The van der Waals surface area contributed by atoms with Crippen molar-refractivity contribution in [2.24, 2.45) is 0 Å². The van der Waals surface area contributed by atoms with Crippen molar-refractivity contribution < 1.29 is 10.2 Å². The first-order valence-electron chi connectivity index (χ1n) is 7.23. The van der Waals surface area contributed by atoms with E-state index in [1.807, 2.05) is 28.2 Å². The summed E-state index contributed by atoms with van der Waals surface area (Å²) in [5, 5.41) is 22.4. The average Bonchev–Trinajstić information content (AvgIpc) is 2.51. The Kier molecular flexibility index (Phi) is 5.05. The van der Waals surface area contributed by atoms with Crippen molar-refractivity contribution in [3.8, 4) is 11.5 Å². The van der Waals surface area contributed by atoms with Crippen LogP contribution in [0.3, 0.4) is 0 Å². The summed E-state index contributed by atoms with van der Waals surface area (Å²) in [5.41, 5.74) is 0.659. The molecule has 1 aromatic carbocycles. The lowest BCUT2D eigenvalue weighted by Gasteiger charge is -2.16. The van der Waals surface area contributed by atoms with Gasteiger partial charge in [-0.05, 0) is 18.1 Å². The number of phenols is 2. The van der Waals surface area contributed by atoms with Crippen LogP contribution >= 0.6 is 0 Å². The summed E-state index contributed by atoms with van der Waals surface area (Å²) in [6.45, 7) is 0.515. The van der Waals surface area contributed by atoms with Crippen LogP contribution in [0.25, 0.3) is 0 Å². The first-order chi connectivity index (χ1) is 10.9. The fourth-order valence-corrected chi connectivity index (χ4v) is 1.92. The van der Waals surface area contributed by atoms with Crippen LogP contribution in [-0.2, 0) is 6.42 Å². The van der Waals surface area contributed by atoms with Crippen molar-refractivity contribution >= 4 is 17.8 Å². The predicted octanol–water partition coefficient (Wildman–Crippen LogP) is 1.07. The zero-order valence-corrected chi connectivity index (χ0v) is 13.8. The van der Waals surface area contributed by atoms with Crippen molar-refractivity contribution in [3.05, 3.63) is 23.8 Å². The Morgan fingerprint density at radius 1 is 0.957 bits per heavy atom. The Bertz CT molecular complexity index is 649. The second kappa shape index (κ2) is 6.99. The molecule has 0 saturated carbocycles. The fourth-order valence-electron chi connectivity index (χ4n) is 1.92. The summed E-state index contributed by atoms with van der Waals surface area (Å²) in [7, 11) is 7.46. The van der Waals surface area contributed by atoms with Crippen molar-refractivity contribution in [2.75, 3.05) is 49.9 Å². The van der Waals surface area contributed by atoms with Gasteiger partial charge in [-0.25, -0.2) is 0 Å². The van der Waals surface area contributed by atoms with Crippen molar-refractivity contribution in [3.63, 3.8) is 0 Å². The molecule has 2 rings (SSSR count). The lowest BCUT2D eigenvalue weighted by atomic mass is 10.1. The van der Waals surface area contributed by atoms with Crippen LogP contribution in [0, 0.1) is 0 Å². The number of para-hydroxylation sites is 1. The fraction of sp³-hybridized carbons (Fsp3) is 0.400. The van der Waals surface area contributed by atoms with Gasteiger partial charge in [0.1, 0.15) is 0 Å². The number of hydrogen-bond acceptors (Lipinski definition) is 8. The third-order valence-electron chi connectivity index (χ3n) is 3.19. The molecule has 0 aliphatic carbocycles. The van der Waals surface area contributed by atoms with Gasteiger partial charge in [-0.1, -0.05) is 12.1 Å². The summed E-state index contributed by atoms with van der Waals surface area (Å²) < 4.78 is 0. The zero-order valence-electron chi connectivity index (χ0n) is 13.8. The highest BCUT2D eigenvalue weighted by Crippen LogP contribution is 2.28. The maximum atomic E-state index is 9.80. The molecule has 3 N–H and O–H groups in total. The van der Waals surface area contributed by atoms with Crippen LogP contribution in [0.1, 0.15) is 5.56 Å². The van der Waals surface area contributed by atoms with E-state index in [0.29, 0.717) is 36.4 Å². The van der Waals surface area contributed by atoms with Gasteiger partial charge < -0.3 is 25.3 Å². The topological polar surface area (TPSA) is 97.6 Å². The van der Waals surface area contributed by atoms with Crippen LogP contribution in [0.4, 0.5) is 17.8 Å². The largest absolute Gasteiger partial charge is 0.504 e. The Morgan fingerprint density at radius 2 is 1.57 bits per heavy atom. The highest BCUT2D eigenvalue weighted by atomic mass is 16.3. The normalized spacial score (nSPS) is 10.4. The Hall–Kier alpha value is -2.77. The van der Waals surface area contributed by atoms with Gasteiger partial charge in [0.05, 0.1) is 0 Å². The minimum absolute atomic E-state index is 0.0899. The number of phenolic OH excluding ortho intramolecular Hbond substituents is 2. The van der Waals surface area contributed by atoms with Crippen molar-refractivity contribution in [2.45, 2.75) is 6.42 Å². The lowest BCUT2D eigenvalue weighted by molar-refractivity contribution is 0.399. The van der Waals surface area contributed by atoms with E-state index in [0.717, 1.165) is 0 Å². The van der Waals surface area contributed by atoms with Gasteiger partial charge in [-0.3, -0.25) is 0 Å². The third-order valence-corrected chi connectivity index (χ3v) is 3.19. The number of aromatic hydroxyl groups is 2. The summed E-state index contributed by atoms with van der Waals surface area (Å²) in [6.07, 6.45) is 0.528. The minimum Gasteiger partial charge on any atom is -0.504 e. The number of nitrogens with zero attached hydrogens (tertiary/aromatic N) is 5. The summed E-state index contributed by atoms with van der Waals surface area (Å²) >= 11 is 0. The first kappa shape index (κ1) is 16.6. The lowest BCUT2D eigenvalue weighted by Crippen LogP contribution is -2.20. The van der Waals surface area contributed by atoms with E-state index >= 15 is 0 Å². The van der Waals surface area contributed by atoms with Gasteiger partial charge in [-0.15, -0.1) is 0 Å². The van der Waals surface area contributed by atoms with Crippen LogP contribution in [0.5, 0.6) is 11.5 Å². The van der Waals surface area contributed by atoms with Crippen LogP contribution < -0.4 is 15.1 Å². The second-order valence-electron chi connectivity index (χ2n) is 5.51. The average molecular weight is 318 g/mol. The quantitative estimate of drug-likeness (QED) is 0.681. The molecule has 0 aliphatic heterocycles. The van der Waals surface area contributed by atoms with E-state index in [-0.39, 0.29) is 11.5 Å². The molecule has 0 saturated heterocycles. The molecular formula is C15H22N6O2. The molecule has 2 aromatic rings. The Balaban J connectivity index is 2.09. The standard InChI is InChI=1S/C15H22N6O2/c1-20(2)14-17-13(18-15(19-14)21(3)4)16-9-8-10-6-5-7-11(22)12(10)23/h5-7,22-23H,8-9H2,1-4H3,(H,16,17,18,19). The van der Waals surface area contributed by atoms with Gasteiger partial charge in [0, 0.05) is 34.7 Å². The van der Waals surface area contributed by atoms with E-state index in [4.69, 9.17) is 0 Å². The summed E-state index contributed by atoms with van der Waals surface area (Å²) in [6, 6.07) is 4.91. The van der Waals surface area contributed by atoms with Gasteiger partial charge in [0.25, 0.3) is 0 Å². The number of benzene rings is 1. The SMILES string of the molecule is CN(C)c1nc(NCCc2cccc(O)c2O)nc(N(C)C)n1. The van der Waals surface area contributed by atoms with E-state index in [1.54, 1.807) is 21.9 Å². The molecule has 0 fully saturated rings. The zero-order chi connectivity index (χ0) is 17.0.